The summed E-state index contributed by atoms with van der Waals surface area (Å²) in [6.07, 6.45) is 2.50. The predicted molar refractivity (Wildman–Crippen MR) is 31.9 cm³/mol. The molecule has 0 saturated carbocycles. The Morgan fingerprint density at radius 3 is 0.714 bits per heavy atom. The van der Waals surface area contributed by atoms with Gasteiger partial charge in [-0.25, -0.2) is 0 Å². The summed E-state index contributed by atoms with van der Waals surface area (Å²) in [4.78, 5) is 0. The van der Waals surface area contributed by atoms with Gasteiger partial charge in [0.25, 0.3) is 0 Å². The molecule has 0 bridgehead atoms. The summed E-state index contributed by atoms with van der Waals surface area (Å²) < 4.78 is 0. The Balaban J connectivity index is -0.0000000400. The normalized spacial score (nSPS) is 5.14. The zero-order valence-corrected chi connectivity index (χ0v) is 8.83. The molecule has 0 aromatic rings. The van der Waals surface area contributed by atoms with Crippen molar-refractivity contribution in [2.24, 2.45) is 0 Å². The summed E-state index contributed by atoms with van der Waals surface area (Å²) in [5.41, 5.74) is 0. The molecule has 0 atom stereocenters. The van der Waals surface area contributed by atoms with Crippen LogP contribution in [0.2, 0.25) is 0 Å². The Kier molecular flexibility index (Phi) is 61.6. The van der Waals surface area contributed by atoms with E-state index in [9.17, 15) is 0 Å². The van der Waals surface area contributed by atoms with Crippen LogP contribution in [0.4, 0.5) is 0 Å². The third-order valence-electron chi connectivity index (χ3n) is 0. The third kappa shape index (κ3) is 152. The summed E-state index contributed by atoms with van der Waals surface area (Å²) in [6, 6.07) is 0. The van der Waals surface area contributed by atoms with Gasteiger partial charge in [-0.1, -0.05) is 40.5 Å². The first-order chi connectivity index (χ1) is 2.83. The molecule has 0 spiro atoms. The third-order valence-corrected chi connectivity index (χ3v) is 0. The molecule has 0 aromatic heterocycles. The standard InChI is InChI=1S/2C3H8.Y/c2*1-3-2;/h2*3H2,1-2H3;. The van der Waals surface area contributed by atoms with Gasteiger partial charge >= 0.3 is 0 Å². The predicted octanol–water partition coefficient (Wildman–Crippen LogP) is 2.83. The molecule has 7 heavy (non-hydrogen) atoms. The second-order valence-corrected chi connectivity index (χ2v) is 1.41. The maximum absolute atomic E-state index is 2.12. The fraction of sp³-hybridized carbons (Fsp3) is 1.00. The maximum Gasteiger partial charge on any atom is 0 e. The average molecular weight is 177 g/mol. The smallest absolute Gasteiger partial charge is 0 e. The van der Waals surface area contributed by atoms with Crippen LogP contribution in [0.5, 0.6) is 0 Å². The van der Waals surface area contributed by atoms with E-state index in [0.717, 1.165) is 0 Å². The van der Waals surface area contributed by atoms with Crippen molar-refractivity contribution in [2.75, 3.05) is 0 Å². The molecule has 43 valence electrons. The van der Waals surface area contributed by atoms with Crippen molar-refractivity contribution in [2.45, 2.75) is 40.5 Å². The van der Waals surface area contributed by atoms with Gasteiger partial charge in [0.05, 0.1) is 0 Å². The van der Waals surface area contributed by atoms with E-state index in [4.69, 9.17) is 0 Å². The minimum atomic E-state index is 0. The van der Waals surface area contributed by atoms with Gasteiger partial charge in [0.15, 0.2) is 0 Å². The van der Waals surface area contributed by atoms with Crippen molar-refractivity contribution in [1.82, 2.24) is 0 Å². The Morgan fingerprint density at radius 1 is 0.714 bits per heavy atom. The molecule has 0 aliphatic rings. The SMILES string of the molecule is CCC.CCC.[Y]. The minimum Gasteiger partial charge on any atom is -0.0656 e. The molecule has 0 amide bonds. The van der Waals surface area contributed by atoms with Gasteiger partial charge in [0, 0.05) is 32.7 Å². The fourth-order valence-electron chi connectivity index (χ4n) is 0. The molecule has 0 rings (SSSR count). The zero-order valence-electron chi connectivity index (χ0n) is 5.99. The van der Waals surface area contributed by atoms with Crippen LogP contribution in [0.25, 0.3) is 0 Å². The topological polar surface area (TPSA) is 0 Å². The maximum atomic E-state index is 2.12. The molecular formula is C6H16Y. The van der Waals surface area contributed by atoms with Crippen LogP contribution < -0.4 is 0 Å². The van der Waals surface area contributed by atoms with Crippen LogP contribution in [-0.2, 0) is 32.7 Å². The van der Waals surface area contributed by atoms with Crippen molar-refractivity contribution >= 4 is 0 Å². The number of hydrogen-bond acceptors (Lipinski definition) is 0. The van der Waals surface area contributed by atoms with Crippen LogP contribution in [0.15, 0.2) is 0 Å². The van der Waals surface area contributed by atoms with Crippen LogP contribution in [0, 0.1) is 0 Å². The van der Waals surface area contributed by atoms with Crippen LogP contribution in [0.1, 0.15) is 40.5 Å². The van der Waals surface area contributed by atoms with Gasteiger partial charge in [-0.3, -0.25) is 0 Å². The van der Waals surface area contributed by atoms with E-state index in [1.165, 1.54) is 12.8 Å². The van der Waals surface area contributed by atoms with Crippen molar-refractivity contribution in [3.8, 4) is 0 Å². The Bertz CT molecular complexity index is 6.14. The molecule has 0 saturated heterocycles. The average Bonchev–Trinajstić information content (AvgIpc) is 1.39. The van der Waals surface area contributed by atoms with E-state index in [1.807, 2.05) is 0 Å². The molecule has 1 heteroatoms. The van der Waals surface area contributed by atoms with E-state index in [0.29, 0.717) is 0 Å². The van der Waals surface area contributed by atoms with Gasteiger partial charge in [-0.05, 0) is 0 Å². The molecule has 1 radical (unpaired) electrons. The van der Waals surface area contributed by atoms with E-state index >= 15 is 0 Å². The summed E-state index contributed by atoms with van der Waals surface area (Å²) >= 11 is 0. The van der Waals surface area contributed by atoms with Crippen LogP contribution in [0.3, 0.4) is 0 Å². The quantitative estimate of drug-likeness (QED) is 0.533. The first kappa shape index (κ1) is 15.7. The number of rotatable bonds is 0. The van der Waals surface area contributed by atoms with Gasteiger partial charge in [-0.15, -0.1) is 0 Å². The Hall–Kier alpha value is 1.10. The summed E-state index contributed by atoms with van der Waals surface area (Å²) in [5, 5.41) is 0. The molecule has 0 N–H and O–H groups in total. The molecule has 0 aromatic carbocycles. The molecule has 0 aliphatic carbocycles. The summed E-state index contributed by atoms with van der Waals surface area (Å²) in [6.45, 7) is 8.50. The monoisotopic (exact) mass is 177 g/mol. The van der Waals surface area contributed by atoms with E-state index in [1.54, 1.807) is 0 Å². The number of hydrogen-bond donors (Lipinski definition) is 0. The summed E-state index contributed by atoms with van der Waals surface area (Å²) in [5.74, 6) is 0. The summed E-state index contributed by atoms with van der Waals surface area (Å²) in [7, 11) is 0. The second kappa shape index (κ2) is 27.5. The molecule has 0 nitrogen and oxygen atoms in total. The second-order valence-electron chi connectivity index (χ2n) is 1.41. The van der Waals surface area contributed by atoms with Gasteiger partial charge in [0.2, 0.25) is 0 Å². The van der Waals surface area contributed by atoms with E-state index < -0.39 is 0 Å². The molecule has 0 unspecified atom stereocenters. The zero-order chi connectivity index (χ0) is 5.41. The Morgan fingerprint density at radius 2 is 0.714 bits per heavy atom. The van der Waals surface area contributed by atoms with Gasteiger partial charge < -0.3 is 0 Å². The fourth-order valence-corrected chi connectivity index (χ4v) is 0. The first-order valence-corrected chi connectivity index (χ1v) is 2.83. The van der Waals surface area contributed by atoms with E-state index in [2.05, 4.69) is 27.7 Å². The van der Waals surface area contributed by atoms with Crippen molar-refractivity contribution < 1.29 is 32.7 Å². The molecule has 0 heterocycles. The van der Waals surface area contributed by atoms with E-state index in [-0.39, 0.29) is 32.7 Å². The van der Waals surface area contributed by atoms with Crippen molar-refractivity contribution in [1.29, 1.82) is 0 Å². The minimum absolute atomic E-state index is 0. The van der Waals surface area contributed by atoms with Crippen LogP contribution >= 0.6 is 0 Å². The van der Waals surface area contributed by atoms with Gasteiger partial charge in [0.1, 0.15) is 0 Å². The first-order valence-electron chi connectivity index (χ1n) is 2.83. The van der Waals surface area contributed by atoms with Crippen molar-refractivity contribution in [3.05, 3.63) is 0 Å². The van der Waals surface area contributed by atoms with Crippen LogP contribution in [-0.4, -0.2) is 0 Å². The van der Waals surface area contributed by atoms with Gasteiger partial charge in [-0.2, -0.15) is 0 Å². The van der Waals surface area contributed by atoms with Crippen molar-refractivity contribution in [3.63, 3.8) is 0 Å². The molecule has 0 fully saturated rings. The largest absolute Gasteiger partial charge is 0.0656 e. The molecule has 0 aliphatic heterocycles. The molecular weight excluding hydrogens is 161 g/mol. The Labute approximate surface area is 73.0 Å².